The molecule has 6 heteroatoms. The number of halogens is 2. The van der Waals surface area contributed by atoms with Crippen LogP contribution in [-0.2, 0) is 16.1 Å². The molecule has 0 saturated carbocycles. The molecule has 0 fully saturated rings. The monoisotopic (exact) mass is 320 g/mol. The molecule has 0 aliphatic carbocycles. The summed E-state index contributed by atoms with van der Waals surface area (Å²) in [5.74, 6) is -1.59. The number of hydrogen-bond acceptors (Lipinski definition) is 2. The lowest BCUT2D eigenvalue weighted by Gasteiger charge is -2.08. The Labute approximate surface area is 132 Å². The van der Waals surface area contributed by atoms with Crippen molar-refractivity contribution in [3.8, 4) is 0 Å². The van der Waals surface area contributed by atoms with Gasteiger partial charge in [0.15, 0.2) is 0 Å². The van der Waals surface area contributed by atoms with Crippen molar-refractivity contribution in [1.82, 2.24) is 5.32 Å². The third-order valence-electron chi connectivity index (χ3n) is 2.90. The highest BCUT2D eigenvalue weighted by molar-refractivity contribution is 6.31. The molecule has 22 heavy (non-hydrogen) atoms. The lowest BCUT2D eigenvalue weighted by molar-refractivity contribution is -0.126. The van der Waals surface area contributed by atoms with Crippen molar-refractivity contribution in [3.63, 3.8) is 0 Å². The molecule has 0 radical (unpaired) electrons. The number of hydrogen-bond donors (Lipinski definition) is 2. The van der Waals surface area contributed by atoms with Gasteiger partial charge in [-0.2, -0.15) is 0 Å². The third kappa shape index (κ3) is 4.56. The summed E-state index contributed by atoms with van der Waals surface area (Å²) in [6.45, 7) is 0.228. The van der Waals surface area contributed by atoms with E-state index in [9.17, 15) is 14.0 Å². The minimum Gasteiger partial charge on any atom is -0.352 e. The van der Waals surface area contributed by atoms with E-state index in [2.05, 4.69) is 10.6 Å². The summed E-state index contributed by atoms with van der Waals surface area (Å²) in [4.78, 5) is 23.4. The Morgan fingerprint density at radius 1 is 1.00 bits per heavy atom. The molecule has 2 aromatic carbocycles. The number of anilines is 1. The van der Waals surface area contributed by atoms with E-state index in [1.54, 1.807) is 30.3 Å². The van der Waals surface area contributed by atoms with Gasteiger partial charge >= 0.3 is 0 Å². The van der Waals surface area contributed by atoms with Crippen LogP contribution < -0.4 is 10.6 Å². The van der Waals surface area contributed by atoms with Gasteiger partial charge in [-0.15, -0.1) is 0 Å². The fourth-order valence-corrected chi connectivity index (χ4v) is 2.00. The smallest absolute Gasteiger partial charge is 0.233 e. The van der Waals surface area contributed by atoms with Crippen molar-refractivity contribution in [2.75, 3.05) is 5.32 Å². The van der Waals surface area contributed by atoms with E-state index in [0.717, 1.165) is 5.56 Å². The summed E-state index contributed by atoms with van der Waals surface area (Å²) in [5, 5.41) is 5.48. The zero-order valence-electron chi connectivity index (χ0n) is 11.6. The maximum atomic E-state index is 13.4. The standard InChI is InChI=1S/C16H14ClFN2O2/c17-12-6-2-1-5-11(12)10-19-15(21)9-16(22)20-14-8-4-3-7-13(14)18/h1-8H,9-10H2,(H,19,21)(H,20,22). The fourth-order valence-electron chi connectivity index (χ4n) is 1.80. The van der Waals surface area contributed by atoms with Crippen LogP contribution in [0.3, 0.4) is 0 Å². The van der Waals surface area contributed by atoms with E-state index < -0.39 is 24.1 Å². The zero-order chi connectivity index (χ0) is 15.9. The highest BCUT2D eigenvalue weighted by Gasteiger charge is 2.11. The van der Waals surface area contributed by atoms with Crippen molar-refractivity contribution >= 4 is 29.1 Å². The van der Waals surface area contributed by atoms with Crippen LogP contribution in [0.2, 0.25) is 5.02 Å². The fraction of sp³-hybridized carbons (Fsp3) is 0.125. The first-order valence-electron chi connectivity index (χ1n) is 6.61. The minimum atomic E-state index is -0.582. The van der Waals surface area contributed by atoms with Crippen LogP contribution in [0.15, 0.2) is 48.5 Å². The molecule has 0 aliphatic rings. The summed E-state index contributed by atoms with van der Waals surface area (Å²) in [6.07, 6.45) is -0.390. The first kappa shape index (κ1) is 16.0. The number of rotatable bonds is 5. The zero-order valence-corrected chi connectivity index (χ0v) is 12.4. The van der Waals surface area contributed by atoms with Crippen molar-refractivity contribution < 1.29 is 14.0 Å². The van der Waals surface area contributed by atoms with Gasteiger partial charge in [0.1, 0.15) is 12.2 Å². The first-order chi connectivity index (χ1) is 10.6. The second-order valence-corrected chi connectivity index (χ2v) is 4.98. The third-order valence-corrected chi connectivity index (χ3v) is 3.27. The quantitative estimate of drug-likeness (QED) is 0.832. The molecule has 2 N–H and O–H groups in total. The molecule has 0 atom stereocenters. The Hall–Kier alpha value is -2.40. The van der Waals surface area contributed by atoms with Crippen LogP contribution in [0.5, 0.6) is 0 Å². The van der Waals surface area contributed by atoms with Gasteiger partial charge in [0, 0.05) is 11.6 Å². The van der Waals surface area contributed by atoms with Gasteiger partial charge in [-0.1, -0.05) is 41.9 Å². The van der Waals surface area contributed by atoms with E-state index in [0.29, 0.717) is 5.02 Å². The number of para-hydroxylation sites is 1. The Bertz CT molecular complexity index is 691. The number of carbonyl (C=O) groups excluding carboxylic acids is 2. The van der Waals surface area contributed by atoms with Gasteiger partial charge < -0.3 is 10.6 Å². The summed E-state index contributed by atoms with van der Waals surface area (Å²) < 4.78 is 13.4. The number of carbonyl (C=O) groups is 2. The molecule has 4 nitrogen and oxygen atoms in total. The SMILES string of the molecule is O=C(CC(=O)Nc1ccccc1F)NCc1ccccc1Cl. The average Bonchev–Trinajstić information content (AvgIpc) is 2.49. The van der Waals surface area contributed by atoms with Crippen LogP contribution in [0.4, 0.5) is 10.1 Å². The highest BCUT2D eigenvalue weighted by Crippen LogP contribution is 2.14. The maximum Gasteiger partial charge on any atom is 0.233 e. The van der Waals surface area contributed by atoms with Gasteiger partial charge in [-0.25, -0.2) is 4.39 Å². The molecule has 114 valence electrons. The normalized spacial score (nSPS) is 10.1. The van der Waals surface area contributed by atoms with E-state index in [1.807, 2.05) is 0 Å². The molecular formula is C16H14ClFN2O2. The van der Waals surface area contributed by atoms with Crippen LogP contribution in [0.25, 0.3) is 0 Å². The molecule has 0 heterocycles. The molecule has 2 aromatic rings. The number of nitrogens with one attached hydrogen (secondary N) is 2. The molecule has 0 spiro atoms. The van der Waals surface area contributed by atoms with Gasteiger partial charge in [0.05, 0.1) is 5.69 Å². The second kappa shape index (κ2) is 7.56. The molecule has 0 bridgehead atoms. The van der Waals surface area contributed by atoms with Gasteiger partial charge in [0.2, 0.25) is 11.8 Å². The van der Waals surface area contributed by atoms with Crippen molar-refractivity contribution in [2.45, 2.75) is 13.0 Å². The van der Waals surface area contributed by atoms with Gasteiger partial charge in [0.25, 0.3) is 0 Å². The predicted octanol–water partition coefficient (Wildman–Crippen LogP) is 3.12. The van der Waals surface area contributed by atoms with Crippen molar-refractivity contribution in [1.29, 1.82) is 0 Å². The van der Waals surface area contributed by atoms with Gasteiger partial charge in [-0.05, 0) is 23.8 Å². The molecular weight excluding hydrogens is 307 g/mol. The Balaban J connectivity index is 1.83. The van der Waals surface area contributed by atoms with Crippen molar-refractivity contribution in [3.05, 3.63) is 64.9 Å². The number of amides is 2. The maximum absolute atomic E-state index is 13.4. The van der Waals surface area contributed by atoms with E-state index in [4.69, 9.17) is 11.6 Å². The summed E-state index contributed by atoms with van der Waals surface area (Å²) in [7, 11) is 0. The first-order valence-corrected chi connectivity index (χ1v) is 6.98. The molecule has 2 amide bonds. The van der Waals surface area contributed by atoms with Crippen molar-refractivity contribution in [2.24, 2.45) is 0 Å². The lowest BCUT2D eigenvalue weighted by Crippen LogP contribution is -2.28. The Morgan fingerprint density at radius 3 is 2.41 bits per heavy atom. The minimum absolute atomic E-state index is 0.0476. The molecule has 0 saturated heterocycles. The summed E-state index contributed by atoms with van der Waals surface area (Å²) in [5.41, 5.74) is 0.804. The predicted molar refractivity (Wildman–Crippen MR) is 82.9 cm³/mol. The summed E-state index contributed by atoms with van der Waals surface area (Å²) >= 11 is 5.97. The molecule has 0 aromatic heterocycles. The Kier molecular flexibility index (Phi) is 5.49. The topological polar surface area (TPSA) is 58.2 Å². The van der Waals surface area contributed by atoms with Crippen LogP contribution in [0.1, 0.15) is 12.0 Å². The van der Waals surface area contributed by atoms with E-state index in [-0.39, 0.29) is 12.2 Å². The molecule has 0 aliphatic heterocycles. The number of benzene rings is 2. The Morgan fingerprint density at radius 2 is 1.68 bits per heavy atom. The van der Waals surface area contributed by atoms with Gasteiger partial charge in [-0.3, -0.25) is 9.59 Å². The lowest BCUT2D eigenvalue weighted by atomic mass is 10.2. The highest BCUT2D eigenvalue weighted by atomic mass is 35.5. The summed E-state index contributed by atoms with van der Waals surface area (Å²) in [6, 6.07) is 12.9. The molecule has 0 unspecified atom stereocenters. The molecule has 2 rings (SSSR count). The van der Waals surface area contributed by atoms with Crippen LogP contribution in [-0.4, -0.2) is 11.8 Å². The van der Waals surface area contributed by atoms with Crippen LogP contribution in [0, 0.1) is 5.82 Å². The average molecular weight is 321 g/mol. The van der Waals surface area contributed by atoms with E-state index >= 15 is 0 Å². The largest absolute Gasteiger partial charge is 0.352 e. The van der Waals surface area contributed by atoms with Crippen LogP contribution >= 0.6 is 11.6 Å². The van der Waals surface area contributed by atoms with E-state index in [1.165, 1.54) is 18.2 Å². The second-order valence-electron chi connectivity index (χ2n) is 4.57.